The summed E-state index contributed by atoms with van der Waals surface area (Å²) in [5.41, 5.74) is -1.87. The topological polar surface area (TPSA) is 144 Å². The molecule has 0 saturated carbocycles. The Morgan fingerprint density at radius 3 is 1.97 bits per heavy atom. The summed E-state index contributed by atoms with van der Waals surface area (Å²) < 4.78 is 23.3. The number of esters is 2. The molecule has 0 spiro atoms. The highest BCUT2D eigenvalue weighted by Crippen LogP contribution is 2.58. The number of rotatable bonds is 4. The predicted molar refractivity (Wildman–Crippen MR) is 114 cm³/mol. The van der Waals surface area contributed by atoms with E-state index in [0.717, 1.165) is 26.4 Å². The third-order valence-electron chi connectivity index (χ3n) is 5.97. The minimum absolute atomic E-state index is 0.179. The molecule has 1 aliphatic carbocycles. The molecular weight excluding hydrogens is 441 g/mol. The number of aliphatic hydroxyl groups excluding tert-OH is 1. The fraction of sp³-hybridized carbons (Fsp3) is 0.240. The number of hydrogen-bond acceptors (Lipinski definition) is 8. The number of hydrogen-bond donors (Lipinski definition) is 1. The molecule has 0 unspecified atom stereocenters. The minimum Gasteiger partial charge on any atom is -0.511 e. The zero-order chi connectivity index (χ0) is 25.0. The monoisotopic (exact) mass is 459 g/mol. The SMILES string of the molecule is COC(=O)C1=C(O)[C@H](C(=O)OC)[C@@H](c2ccc(C#N)cc2)C(C#N)(C#N)[C@H]1c1ccc(F)cc1. The first kappa shape index (κ1) is 24.0. The van der Waals surface area contributed by atoms with Crippen LogP contribution in [0.3, 0.4) is 0 Å². The Morgan fingerprint density at radius 1 is 0.941 bits per heavy atom. The van der Waals surface area contributed by atoms with Gasteiger partial charge in [0.2, 0.25) is 0 Å². The number of carbonyl (C=O) groups is 2. The van der Waals surface area contributed by atoms with Crippen LogP contribution in [0.5, 0.6) is 0 Å². The normalized spacial score (nSPS) is 20.9. The van der Waals surface area contributed by atoms with Gasteiger partial charge in [-0.05, 0) is 35.4 Å². The van der Waals surface area contributed by atoms with Crippen molar-refractivity contribution >= 4 is 11.9 Å². The second-order valence-electron chi connectivity index (χ2n) is 7.58. The van der Waals surface area contributed by atoms with E-state index in [4.69, 9.17) is 14.7 Å². The van der Waals surface area contributed by atoms with Crippen molar-refractivity contribution in [1.29, 1.82) is 15.8 Å². The van der Waals surface area contributed by atoms with Crippen LogP contribution in [0, 0.1) is 51.1 Å². The summed E-state index contributed by atoms with van der Waals surface area (Å²) in [6.45, 7) is 0. The van der Waals surface area contributed by atoms with Crippen LogP contribution in [0.15, 0.2) is 59.9 Å². The van der Waals surface area contributed by atoms with Crippen LogP contribution in [0.2, 0.25) is 0 Å². The molecule has 9 heteroatoms. The van der Waals surface area contributed by atoms with Crippen molar-refractivity contribution < 1.29 is 28.6 Å². The van der Waals surface area contributed by atoms with Gasteiger partial charge in [-0.2, -0.15) is 15.8 Å². The van der Waals surface area contributed by atoms with Crippen LogP contribution in [-0.4, -0.2) is 31.3 Å². The van der Waals surface area contributed by atoms with Crippen LogP contribution in [0.25, 0.3) is 0 Å². The maximum absolute atomic E-state index is 13.7. The highest BCUT2D eigenvalue weighted by Gasteiger charge is 2.61. The molecule has 0 radical (unpaired) electrons. The van der Waals surface area contributed by atoms with E-state index < -0.39 is 52.3 Å². The molecule has 8 nitrogen and oxygen atoms in total. The van der Waals surface area contributed by atoms with Crippen molar-refractivity contribution in [1.82, 2.24) is 0 Å². The van der Waals surface area contributed by atoms with E-state index in [1.165, 1.54) is 36.4 Å². The fourth-order valence-electron chi connectivity index (χ4n) is 4.45. The van der Waals surface area contributed by atoms with Crippen LogP contribution in [-0.2, 0) is 19.1 Å². The van der Waals surface area contributed by atoms with E-state index in [0.29, 0.717) is 5.56 Å². The first-order valence-electron chi connectivity index (χ1n) is 9.96. The number of carbonyl (C=O) groups excluding carboxylic acids is 2. The smallest absolute Gasteiger partial charge is 0.337 e. The van der Waals surface area contributed by atoms with Crippen LogP contribution < -0.4 is 0 Å². The highest BCUT2D eigenvalue weighted by molar-refractivity contribution is 5.94. The second-order valence-corrected chi connectivity index (χ2v) is 7.58. The maximum atomic E-state index is 13.7. The Labute approximate surface area is 194 Å². The average molecular weight is 459 g/mol. The maximum Gasteiger partial charge on any atom is 0.337 e. The van der Waals surface area contributed by atoms with Gasteiger partial charge in [0.1, 0.15) is 17.5 Å². The van der Waals surface area contributed by atoms with Gasteiger partial charge in [0.15, 0.2) is 5.41 Å². The Kier molecular flexibility index (Phi) is 6.66. The molecule has 2 aromatic rings. The second kappa shape index (κ2) is 9.44. The van der Waals surface area contributed by atoms with Gasteiger partial charge < -0.3 is 14.6 Å². The number of methoxy groups -OCH3 is 2. The predicted octanol–water partition coefficient (Wildman–Crippen LogP) is 3.39. The zero-order valence-electron chi connectivity index (χ0n) is 18.2. The van der Waals surface area contributed by atoms with Crippen molar-refractivity contribution in [2.75, 3.05) is 14.2 Å². The molecule has 1 aliphatic rings. The molecule has 0 aliphatic heterocycles. The Morgan fingerprint density at radius 2 is 1.50 bits per heavy atom. The number of benzene rings is 2. The highest BCUT2D eigenvalue weighted by atomic mass is 19.1. The van der Waals surface area contributed by atoms with Gasteiger partial charge in [-0.1, -0.05) is 24.3 Å². The lowest BCUT2D eigenvalue weighted by Crippen LogP contribution is -2.47. The fourth-order valence-corrected chi connectivity index (χ4v) is 4.45. The molecule has 0 fully saturated rings. The van der Waals surface area contributed by atoms with E-state index in [-0.39, 0.29) is 11.1 Å². The Balaban J connectivity index is 2.46. The average Bonchev–Trinajstić information content (AvgIpc) is 2.87. The third kappa shape index (κ3) is 3.72. The Bertz CT molecular complexity index is 1270. The molecule has 0 saturated heterocycles. The van der Waals surface area contributed by atoms with Crippen LogP contribution in [0.4, 0.5) is 4.39 Å². The molecule has 1 N–H and O–H groups in total. The standard InChI is InChI=1S/C25H18FN3O5/c1-33-23(31)18-20(15-5-3-14(11-27)4-6-15)25(12-28,13-29)21(16-7-9-17(26)10-8-16)19(22(18)30)24(32)34-2/h3-10,18,20-21,30H,1-2H3/t18-,20-,21+/m1/s1. The van der Waals surface area contributed by atoms with Crippen molar-refractivity contribution in [3.63, 3.8) is 0 Å². The lowest BCUT2D eigenvalue weighted by atomic mass is 9.54. The molecule has 3 rings (SSSR count). The summed E-state index contributed by atoms with van der Waals surface area (Å²) in [5, 5.41) is 41.1. The summed E-state index contributed by atoms with van der Waals surface area (Å²) in [6.07, 6.45) is 0. The van der Waals surface area contributed by atoms with E-state index in [1.54, 1.807) is 0 Å². The van der Waals surface area contributed by atoms with Gasteiger partial charge in [0.05, 0.1) is 49.5 Å². The van der Waals surface area contributed by atoms with E-state index >= 15 is 0 Å². The van der Waals surface area contributed by atoms with Crippen molar-refractivity contribution in [3.8, 4) is 18.2 Å². The molecule has 0 aromatic heterocycles. The molecular formula is C25H18FN3O5. The minimum atomic E-state index is -2.14. The molecule has 0 heterocycles. The lowest BCUT2D eigenvalue weighted by Gasteiger charge is -2.44. The van der Waals surface area contributed by atoms with Crippen LogP contribution in [0.1, 0.15) is 28.5 Å². The van der Waals surface area contributed by atoms with Gasteiger partial charge >= 0.3 is 11.9 Å². The molecule has 3 atom stereocenters. The number of nitrogens with zero attached hydrogens (tertiary/aromatic N) is 3. The van der Waals surface area contributed by atoms with Gasteiger partial charge in [-0.3, -0.25) is 4.79 Å². The molecule has 2 aromatic carbocycles. The number of halogens is 1. The zero-order valence-corrected chi connectivity index (χ0v) is 18.2. The van der Waals surface area contributed by atoms with Crippen molar-refractivity contribution in [3.05, 3.63) is 82.4 Å². The van der Waals surface area contributed by atoms with E-state index in [1.807, 2.05) is 18.2 Å². The van der Waals surface area contributed by atoms with Crippen molar-refractivity contribution in [2.24, 2.45) is 11.3 Å². The molecule has 0 amide bonds. The molecule has 170 valence electrons. The number of ether oxygens (including phenoxy) is 2. The van der Waals surface area contributed by atoms with Gasteiger partial charge in [-0.25, -0.2) is 9.18 Å². The first-order valence-corrected chi connectivity index (χ1v) is 9.96. The third-order valence-corrected chi connectivity index (χ3v) is 5.97. The first-order chi connectivity index (χ1) is 16.3. The van der Waals surface area contributed by atoms with Crippen LogP contribution >= 0.6 is 0 Å². The Hall–Kier alpha value is -4.68. The summed E-state index contributed by atoms with van der Waals surface area (Å²) in [4.78, 5) is 25.7. The number of nitriles is 3. The van der Waals surface area contributed by atoms with Gasteiger partial charge in [-0.15, -0.1) is 0 Å². The quantitative estimate of drug-likeness (QED) is 0.685. The lowest BCUT2D eigenvalue weighted by molar-refractivity contribution is -0.147. The largest absolute Gasteiger partial charge is 0.511 e. The van der Waals surface area contributed by atoms with Gasteiger partial charge in [0, 0.05) is 5.92 Å². The molecule has 34 heavy (non-hydrogen) atoms. The van der Waals surface area contributed by atoms with Crippen molar-refractivity contribution in [2.45, 2.75) is 11.8 Å². The van der Waals surface area contributed by atoms with E-state index in [2.05, 4.69) is 0 Å². The van der Waals surface area contributed by atoms with Gasteiger partial charge in [0.25, 0.3) is 0 Å². The summed E-state index contributed by atoms with van der Waals surface area (Å²) in [6, 6.07) is 16.4. The summed E-state index contributed by atoms with van der Waals surface area (Å²) >= 11 is 0. The summed E-state index contributed by atoms with van der Waals surface area (Å²) in [7, 11) is 2.11. The summed E-state index contributed by atoms with van der Waals surface area (Å²) in [5.74, 6) is -7.69. The molecule has 0 bridgehead atoms. The number of aliphatic hydroxyl groups is 1. The van der Waals surface area contributed by atoms with E-state index in [9.17, 15) is 29.6 Å².